The van der Waals surface area contributed by atoms with Crippen molar-refractivity contribution in [3.63, 3.8) is 0 Å². The number of hydrogen-bond acceptors (Lipinski definition) is 3. The molecule has 1 fully saturated rings. The molecule has 1 aromatic carbocycles. The topological polar surface area (TPSA) is 33.7 Å². The summed E-state index contributed by atoms with van der Waals surface area (Å²) in [5, 5.41) is 0. The summed E-state index contributed by atoms with van der Waals surface area (Å²) in [5.41, 5.74) is 4.05. The van der Waals surface area contributed by atoms with Gasteiger partial charge in [-0.1, -0.05) is 31.0 Å². The normalized spacial score (nSPS) is 22.3. The van der Waals surface area contributed by atoms with Gasteiger partial charge < -0.3 is 9.32 Å². The highest BCUT2D eigenvalue weighted by atomic mass is 16.4. The molecule has 4 nitrogen and oxygen atoms in total. The molecule has 5 rings (SSSR count). The number of anilines is 1. The largest absolute Gasteiger partial charge is 0.426 e. The van der Waals surface area contributed by atoms with E-state index in [4.69, 9.17) is 4.42 Å². The lowest BCUT2D eigenvalue weighted by Crippen LogP contribution is -2.41. The van der Waals surface area contributed by atoms with Crippen LogP contribution in [0.3, 0.4) is 0 Å². The van der Waals surface area contributed by atoms with Gasteiger partial charge in [0.1, 0.15) is 0 Å². The summed E-state index contributed by atoms with van der Waals surface area (Å²) in [5.74, 6) is 1.83. The summed E-state index contributed by atoms with van der Waals surface area (Å²) in [6, 6.07) is 8.96. The van der Waals surface area contributed by atoms with Crippen molar-refractivity contribution in [1.82, 2.24) is 9.38 Å². The molecule has 3 aromatic rings. The van der Waals surface area contributed by atoms with Crippen molar-refractivity contribution in [2.45, 2.75) is 51.1 Å². The average molecular weight is 307 g/mol. The molecule has 1 atom stereocenters. The third-order valence-electron chi connectivity index (χ3n) is 5.76. The molecule has 118 valence electrons. The second-order valence-corrected chi connectivity index (χ2v) is 6.97. The fourth-order valence-corrected chi connectivity index (χ4v) is 4.85. The number of oxazole rings is 1. The summed E-state index contributed by atoms with van der Waals surface area (Å²) in [6.45, 7) is 4.47. The summed E-state index contributed by atoms with van der Waals surface area (Å²) in [4.78, 5) is 6.98. The standard InChI is InChI=1S/C19H21N3O/c1-13-7-3-4-8-15(13)22-14(2)16-17(19(22)9-5-6-10-19)21-12-11-20-18(21)23-16/h3-4,7-8,11-12,14H,5-6,9-10H2,1-2H3. The number of fused-ring (bicyclic) bond motifs is 4. The number of nitrogens with zero attached hydrogens (tertiary/aromatic N) is 3. The van der Waals surface area contributed by atoms with Crippen LogP contribution >= 0.6 is 0 Å². The van der Waals surface area contributed by atoms with Crippen LogP contribution < -0.4 is 4.90 Å². The molecule has 1 saturated carbocycles. The Labute approximate surface area is 135 Å². The fraction of sp³-hybridized carbons (Fsp3) is 0.421. The molecular weight excluding hydrogens is 286 g/mol. The first-order chi connectivity index (χ1) is 11.2. The van der Waals surface area contributed by atoms with Gasteiger partial charge in [-0.3, -0.25) is 4.40 Å². The van der Waals surface area contributed by atoms with Crippen LogP contribution in [0.1, 0.15) is 55.7 Å². The summed E-state index contributed by atoms with van der Waals surface area (Å²) >= 11 is 0. The minimum atomic E-state index is 0.0484. The lowest BCUT2D eigenvalue weighted by atomic mass is 9.92. The Kier molecular flexibility index (Phi) is 2.53. The van der Waals surface area contributed by atoms with E-state index in [9.17, 15) is 0 Å². The van der Waals surface area contributed by atoms with Gasteiger partial charge in [0.05, 0.1) is 17.3 Å². The minimum absolute atomic E-state index is 0.0484. The van der Waals surface area contributed by atoms with E-state index in [0.29, 0.717) is 0 Å². The maximum atomic E-state index is 6.15. The number of rotatable bonds is 1. The van der Waals surface area contributed by atoms with E-state index in [-0.39, 0.29) is 11.6 Å². The Balaban J connectivity index is 1.79. The van der Waals surface area contributed by atoms with Crippen LogP contribution in [0.4, 0.5) is 5.69 Å². The number of aryl methyl sites for hydroxylation is 1. The number of aromatic nitrogens is 2. The zero-order valence-corrected chi connectivity index (χ0v) is 13.6. The molecule has 0 bridgehead atoms. The Morgan fingerprint density at radius 1 is 1.22 bits per heavy atom. The molecule has 3 heterocycles. The maximum Gasteiger partial charge on any atom is 0.306 e. The van der Waals surface area contributed by atoms with Gasteiger partial charge in [0.15, 0.2) is 5.76 Å². The molecule has 2 aliphatic rings. The van der Waals surface area contributed by atoms with Crippen LogP contribution in [0.25, 0.3) is 5.84 Å². The molecule has 0 radical (unpaired) electrons. The number of benzene rings is 1. The highest BCUT2D eigenvalue weighted by Crippen LogP contribution is 2.57. The molecule has 23 heavy (non-hydrogen) atoms. The SMILES string of the molecule is Cc1ccccc1N1C(C)c2oc3nccn3c2C12CCCC2. The van der Waals surface area contributed by atoms with Gasteiger partial charge in [-0.25, -0.2) is 4.98 Å². The Morgan fingerprint density at radius 2 is 2.00 bits per heavy atom. The summed E-state index contributed by atoms with van der Waals surface area (Å²) in [6.07, 6.45) is 8.80. The van der Waals surface area contributed by atoms with Gasteiger partial charge in [0.2, 0.25) is 0 Å². The predicted octanol–water partition coefficient (Wildman–Crippen LogP) is 4.59. The monoisotopic (exact) mass is 307 g/mol. The van der Waals surface area contributed by atoms with E-state index < -0.39 is 0 Å². The zero-order valence-electron chi connectivity index (χ0n) is 13.6. The van der Waals surface area contributed by atoms with E-state index in [2.05, 4.69) is 52.4 Å². The lowest BCUT2D eigenvalue weighted by Gasteiger charge is -2.40. The number of para-hydroxylation sites is 1. The van der Waals surface area contributed by atoms with Gasteiger partial charge in [-0.15, -0.1) is 0 Å². The quantitative estimate of drug-likeness (QED) is 0.659. The van der Waals surface area contributed by atoms with E-state index in [1.54, 1.807) is 0 Å². The van der Waals surface area contributed by atoms with Crippen molar-refractivity contribution in [3.05, 3.63) is 53.7 Å². The molecule has 1 aliphatic heterocycles. The molecule has 1 spiro atoms. The number of hydrogen-bond donors (Lipinski definition) is 0. The molecule has 1 aliphatic carbocycles. The Hall–Kier alpha value is -2.23. The van der Waals surface area contributed by atoms with Crippen LogP contribution in [0.15, 0.2) is 41.1 Å². The highest BCUT2D eigenvalue weighted by Gasteiger charge is 2.54. The first kappa shape index (κ1) is 13.2. The first-order valence-electron chi connectivity index (χ1n) is 8.53. The van der Waals surface area contributed by atoms with Crippen molar-refractivity contribution >= 4 is 11.5 Å². The first-order valence-corrected chi connectivity index (χ1v) is 8.53. The van der Waals surface area contributed by atoms with Crippen molar-refractivity contribution in [3.8, 4) is 0 Å². The predicted molar refractivity (Wildman–Crippen MR) is 89.7 cm³/mol. The average Bonchev–Trinajstić information content (AvgIpc) is 3.26. The molecular formula is C19H21N3O. The summed E-state index contributed by atoms with van der Waals surface area (Å²) in [7, 11) is 0. The second kappa shape index (κ2) is 4.40. The van der Waals surface area contributed by atoms with Crippen molar-refractivity contribution in [2.24, 2.45) is 0 Å². The molecule has 2 aromatic heterocycles. The van der Waals surface area contributed by atoms with E-state index in [0.717, 1.165) is 11.6 Å². The van der Waals surface area contributed by atoms with E-state index >= 15 is 0 Å². The highest BCUT2D eigenvalue weighted by molar-refractivity contribution is 5.62. The molecule has 0 saturated heterocycles. The molecule has 4 heteroatoms. The molecule has 1 unspecified atom stereocenters. The van der Waals surface area contributed by atoms with Crippen LogP contribution in [-0.4, -0.2) is 9.38 Å². The van der Waals surface area contributed by atoms with Gasteiger partial charge in [0.25, 0.3) is 0 Å². The molecule has 0 N–H and O–H groups in total. The van der Waals surface area contributed by atoms with Crippen LogP contribution in [0.2, 0.25) is 0 Å². The van der Waals surface area contributed by atoms with Gasteiger partial charge in [-0.2, -0.15) is 0 Å². The van der Waals surface area contributed by atoms with E-state index in [1.165, 1.54) is 42.6 Å². The zero-order chi connectivity index (χ0) is 15.6. The smallest absolute Gasteiger partial charge is 0.306 e. The van der Waals surface area contributed by atoms with E-state index in [1.807, 2.05) is 12.4 Å². The van der Waals surface area contributed by atoms with Crippen LogP contribution in [-0.2, 0) is 5.54 Å². The lowest BCUT2D eigenvalue weighted by molar-refractivity contribution is 0.394. The van der Waals surface area contributed by atoms with Gasteiger partial charge in [-0.05, 0) is 38.3 Å². The fourth-order valence-electron chi connectivity index (χ4n) is 4.85. The molecule has 0 amide bonds. The Bertz CT molecular complexity index is 885. The third kappa shape index (κ3) is 1.54. The Morgan fingerprint density at radius 3 is 2.78 bits per heavy atom. The second-order valence-electron chi connectivity index (χ2n) is 6.97. The van der Waals surface area contributed by atoms with Crippen LogP contribution in [0, 0.1) is 6.92 Å². The van der Waals surface area contributed by atoms with Gasteiger partial charge in [0, 0.05) is 18.1 Å². The van der Waals surface area contributed by atoms with Crippen LogP contribution in [0.5, 0.6) is 0 Å². The van der Waals surface area contributed by atoms with Crippen molar-refractivity contribution in [2.75, 3.05) is 4.90 Å². The van der Waals surface area contributed by atoms with Gasteiger partial charge >= 0.3 is 5.84 Å². The van der Waals surface area contributed by atoms with Crippen molar-refractivity contribution < 1.29 is 4.42 Å². The maximum absolute atomic E-state index is 6.15. The minimum Gasteiger partial charge on any atom is -0.426 e. The van der Waals surface area contributed by atoms with Crippen molar-refractivity contribution in [1.29, 1.82) is 0 Å². The summed E-state index contributed by atoms with van der Waals surface area (Å²) < 4.78 is 8.33. The third-order valence-corrected chi connectivity index (χ3v) is 5.76. The number of imidazole rings is 1.